The minimum Gasteiger partial charge on any atom is -0.391 e. The maximum atomic E-state index is 15.8. The van der Waals surface area contributed by atoms with Crippen LogP contribution < -0.4 is 26.4 Å². The van der Waals surface area contributed by atoms with Crippen LogP contribution >= 0.6 is 11.3 Å². The van der Waals surface area contributed by atoms with Gasteiger partial charge in [-0.2, -0.15) is 13.2 Å². The molecule has 4 heterocycles. The van der Waals surface area contributed by atoms with E-state index in [1.54, 1.807) is 38.4 Å². The number of aromatic amines is 1. The number of amides is 4. The number of hydrogen-bond acceptors (Lipinski definition) is 11. The highest BCUT2D eigenvalue weighted by atomic mass is 32.1. The average molecular weight is 1030 g/mol. The van der Waals surface area contributed by atoms with Crippen LogP contribution in [-0.2, 0) is 20.6 Å². The number of aliphatic hydroxyl groups excluding tert-OH is 1. The molecule has 2 saturated heterocycles. The van der Waals surface area contributed by atoms with Crippen molar-refractivity contribution in [3.8, 4) is 21.6 Å². The van der Waals surface area contributed by atoms with Gasteiger partial charge >= 0.3 is 6.18 Å². The van der Waals surface area contributed by atoms with Crippen molar-refractivity contribution in [3.63, 3.8) is 0 Å². The number of rotatable bonds is 14. The number of β-amino-alcohol motifs (C(OH)–C–C–N with tert-alkyl or cyclic N) is 1. The lowest BCUT2D eigenvalue weighted by molar-refractivity contribution is -0.146. The molecule has 2 aromatic heterocycles. The second kappa shape index (κ2) is 21.8. The first-order valence-corrected chi connectivity index (χ1v) is 24.8. The number of H-pyrrole nitrogens is 1. The summed E-state index contributed by atoms with van der Waals surface area (Å²) in [6.45, 7) is 13.4. The number of ketones is 1. The van der Waals surface area contributed by atoms with Gasteiger partial charge in [0.25, 0.3) is 11.8 Å². The van der Waals surface area contributed by atoms with Gasteiger partial charge in [0.05, 0.1) is 57.3 Å². The number of carbonyl (C=O) groups excluding carboxylic acids is 5. The standard InChI is InChI=1S/C53H60F4N8O7S/c1-28-24-64(25-29(2)63(28)8)44-16-14-34(18-43(44)62-49(70)39-23-58-46(68)21-40(39)53(55,56)57)38-17-35(13-15-42(38)54)48(69)59-22-36(66)19-41(52(5,6)7)51(72)65-26-37(67)20-45(65)50(71)61-30(3)32-9-11-33(12-10-32)47-31(4)60-27-73-47/h9-18,21,23,27-30,37,41,45,67H,19-20,22,24-26H2,1-8H3,(H,58,68)(H,59,69)(H,61,71)(H,62,70)/t28-,29+,30-,37-,41+,45+/m0/s1. The summed E-state index contributed by atoms with van der Waals surface area (Å²) in [5.74, 6) is -5.10. The van der Waals surface area contributed by atoms with Gasteiger partial charge in [0.15, 0.2) is 5.78 Å². The molecule has 4 amide bonds. The molecule has 0 saturated carbocycles. The predicted molar refractivity (Wildman–Crippen MR) is 271 cm³/mol. The number of nitrogens with one attached hydrogen (secondary N) is 4. The number of piperazine rings is 1. The SMILES string of the molecule is Cc1ncsc1-c1ccc([C@H](C)NC(=O)[C@H]2C[C@H](O)CN2C(=O)[C@@H](CC(=O)CNC(=O)c2ccc(F)c(-c3ccc(N4C[C@@H](C)N(C)[C@@H](C)C4)c(NC(=O)c4c[nH]c(=O)cc4C(F)(F)F)c3)c2)C(C)(C)C)cc1. The molecule has 2 aliphatic rings. The number of benzene rings is 3. The lowest BCUT2D eigenvalue weighted by Crippen LogP contribution is -2.55. The van der Waals surface area contributed by atoms with E-state index in [1.807, 2.05) is 63.9 Å². The molecule has 0 aliphatic carbocycles. The van der Waals surface area contributed by atoms with Crippen molar-refractivity contribution in [2.75, 3.05) is 43.4 Å². The average Bonchev–Trinajstić information content (AvgIpc) is 3.95. The molecular formula is C53H60F4N8O7S. The number of alkyl halides is 3. The van der Waals surface area contributed by atoms with Crippen molar-refractivity contribution in [2.45, 2.75) is 97.8 Å². The number of halogens is 4. The number of thiazole rings is 1. The Morgan fingerprint density at radius 2 is 1.59 bits per heavy atom. The first-order valence-electron chi connectivity index (χ1n) is 23.9. The number of anilines is 2. The maximum absolute atomic E-state index is 15.8. The van der Waals surface area contributed by atoms with E-state index in [2.05, 4.69) is 30.8 Å². The monoisotopic (exact) mass is 1030 g/mol. The number of hydrogen-bond donors (Lipinski definition) is 5. The Hall–Kier alpha value is -6.77. The number of carbonyl (C=O) groups is 5. The molecule has 5 aromatic rings. The van der Waals surface area contributed by atoms with E-state index in [-0.39, 0.29) is 53.8 Å². The largest absolute Gasteiger partial charge is 0.417 e. The third-order valence-corrected chi connectivity index (χ3v) is 14.8. The fourth-order valence-electron chi connectivity index (χ4n) is 9.40. The molecule has 2 aliphatic heterocycles. The number of aromatic nitrogens is 2. The summed E-state index contributed by atoms with van der Waals surface area (Å²) in [6.07, 6.45) is -5.64. The van der Waals surface area contributed by atoms with Crippen molar-refractivity contribution >= 4 is 52.1 Å². The Kier molecular flexibility index (Phi) is 16.1. The van der Waals surface area contributed by atoms with Gasteiger partial charge in [-0.25, -0.2) is 9.37 Å². The molecule has 3 aromatic carbocycles. The predicted octanol–water partition coefficient (Wildman–Crippen LogP) is 7.60. The van der Waals surface area contributed by atoms with E-state index in [0.29, 0.717) is 31.0 Å². The van der Waals surface area contributed by atoms with Crippen molar-refractivity contribution < 1.29 is 46.6 Å². The summed E-state index contributed by atoms with van der Waals surface area (Å²) < 4.78 is 57.9. The molecule has 5 N–H and O–H groups in total. The first-order chi connectivity index (χ1) is 34.3. The number of aryl methyl sites for hydroxylation is 1. The Balaban J connectivity index is 1.05. The van der Waals surface area contributed by atoms with Crippen LogP contribution in [0, 0.1) is 24.1 Å². The Bertz CT molecular complexity index is 2940. The first kappa shape index (κ1) is 54.0. The maximum Gasteiger partial charge on any atom is 0.417 e. The smallest absolute Gasteiger partial charge is 0.391 e. The van der Waals surface area contributed by atoms with Crippen LogP contribution in [0.15, 0.2) is 83.2 Å². The normalized spacial score (nSPS) is 19.3. The highest BCUT2D eigenvalue weighted by Gasteiger charge is 2.45. The molecule has 0 bridgehead atoms. The molecule has 6 atom stereocenters. The van der Waals surface area contributed by atoms with Gasteiger partial charge in [0.2, 0.25) is 17.4 Å². The van der Waals surface area contributed by atoms with Gasteiger partial charge in [-0.05, 0) is 87.2 Å². The van der Waals surface area contributed by atoms with Crippen molar-refractivity contribution in [2.24, 2.45) is 11.3 Å². The highest BCUT2D eigenvalue weighted by Crippen LogP contribution is 2.38. The fourth-order valence-corrected chi connectivity index (χ4v) is 10.2. The number of likely N-dealkylation sites (N-methyl/N-ethyl adjacent to an activating group) is 1. The van der Waals surface area contributed by atoms with Crippen LogP contribution in [0.25, 0.3) is 21.6 Å². The zero-order chi connectivity index (χ0) is 53.3. The summed E-state index contributed by atoms with van der Waals surface area (Å²) in [7, 11) is 1.97. The van der Waals surface area contributed by atoms with E-state index < -0.39 is 94.2 Å². The molecule has 0 unspecified atom stereocenters. The summed E-state index contributed by atoms with van der Waals surface area (Å²) in [5, 5.41) is 18.8. The lowest BCUT2D eigenvalue weighted by Gasteiger charge is -2.44. The van der Waals surface area contributed by atoms with Crippen LogP contribution in [0.5, 0.6) is 0 Å². The van der Waals surface area contributed by atoms with Gasteiger partial charge in [-0.3, -0.25) is 33.7 Å². The van der Waals surface area contributed by atoms with Gasteiger partial charge in [0.1, 0.15) is 11.9 Å². The van der Waals surface area contributed by atoms with E-state index in [1.165, 1.54) is 34.4 Å². The van der Waals surface area contributed by atoms with E-state index in [9.17, 15) is 47.0 Å². The molecular weight excluding hydrogens is 969 g/mol. The molecule has 0 radical (unpaired) electrons. The minimum absolute atomic E-state index is 0.00285. The summed E-state index contributed by atoms with van der Waals surface area (Å²) in [4.78, 5) is 93.8. The molecule has 73 heavy (non-hydrogen) atoms. The molecule has 7 rings (SSSR count). The van der Waals surface area contributed by atoms with E-state index in [0.717, 1.165) is 27.8 Å². The van der Waals surface area contributed by atoms with Crippen LogP contribution in [0.2, 0.25) is 0 Å². The Morgan fingerprint density at radius 3 is 2.22 bits per heavy atom. The summed E-state index contributed by atoms with van der Waals surface area (Å²) in [5.41, 5.74) is 0.903. The Morgan fingerprint density at radius 1 is 0.918 bits per heavy atom. The lowest BCUT2D eigenvalue weighted by atomic mass is 9.76. The highest BCUT2D eigenvalue weighted by molar-refractivity contribution is 7.13. The third kappa shape index (κ3) is 12.4. The number of aliphatic hydroxyl groups is 1. The second-order valence-electron chi connectivity index (χ2n) is 20.1. The molecule has 0 spiro atoms. The van der Waals surface area contributed by atoms with Gasteiger partial charge < -0.3 is 35.8 Å². The van der Waals surface area contributed by atoms with E-state index in [4.69, 9.17) is 0 Å². The number of likely N-dealkylation sites (tertiary alicyclic amines) is 1. The van der Waals surface area contributed by atoms with Gasteiger partial charge in [0, 0.05) is 73.9 Å². The summed E-state index contributed by atoms with van der Waals surface area (Å²) in [6, 6.07) is 14.7. The van der Waals surface area contributed by atoms with Crippen LogP contribution in [0.3, 0.4) is 0 Å². The molecule has 15 nitrogen and oxygen atoms in total. The molecule has 388 valence electrons. The zero-order valence-corrected chi connectivity index (χ0v) is 42.6. The molecule has 20 heteroatoms. The zero-order valence-electron chi connectivity index (χ0n) is 41.8. The number of pyridine rings is 1. The fraction of sp³-hybridized carbons (Fsp3) is 0.415. The van der Waals surface area contributed by atoms with Crippen LogP contribution in [-0.4, -0.2) is 112 Å². The van der Waals surface area contributed by atoms with Crippen LogP contribution in [0.4, 0.5) is 28.9 Å². The van der Waals surface area contributed by atoms with Crippen molar-refractivity contribution in [1.82, 2.24) is 30.4 Å². The number of Topliss-reactive ketones (excluding diaryl/α,β-unsaturated/α-hetero) is 1. The van der Waals surface area contributed by atoms with E-state index >= 15 is 4.39 Å². The van der Waals surface area contributed by atoms with Crippen molar-refractivity contribution in [1.29, 1.82) is 0 Å². The second-order valence-corrected chi connectivity index (χ2v) is 21.0. The number of nitrogens with zero attached hydrogens (tertiary/aromatic N) is 4. The van der Waals surface area contributed by atoms with Crippen molar-refractivity contribution in [3.05, 3.63) is 123 Å². The Labute approximate surface area is 424 Å². The van der Waals surface area contributed by atoms with Gasteiger partial charge in [-0.15, -0.1) is 11.3 Å². The minimum atomic E-state index is -5.04. The summed E-state index contributed by atoms with van der Waals surface area (Å²) >= 11 is 1.53. The quantitative estimate of drug-likeness (QED) is 0.0691. The van der Waals surface area contributed by atoms with Crippen LogP contribution in [0.1, 0.15) is 98.0 Å². The van der Waals surface area contributed by atoms with Gasteiger partial charge in [-0.1, -0.05) is 51.1 Å². The molecule has 2 fully saturated rings. The topological polar surface area (TPSA) is 197 Å². The third-order valence-electron chi connectivity index (χ3n) is 13.8.